The first-order valence-electron chi connectivity index (χ1n) is 7.56. The van der Waals surface area contributed by atoms with E-state index in [4.69, 9.17) is 16.7 Å². The van der Waals surface area contributed by atoms with Gasteiger partial charge in [-0.05, 0) is 25.0 Å². The zero-order chi connectivity index (χ0) is 17.6. The van der Waals surface area contributed by atoms with Crippen molar-refractivity contribution in [2.45, 2.75) is 44.4 Å². The second-order valence-electron chi connectivity index (χ2n) is 5.34. The van der Waals surface area contributed by atoms with E-state index in [1.54, 1.807) is 0 Å². The summed E-state index contributed by atoms with van der Waals surface area (Å²) in [7, 11) is -4.08. The van der Waals surface area contributed by atoms with Crippen molar-refractivity contribution in [2.24, 2.45) is 5.14 Å². The Morgan fingerprint density at radius 3 is 2.13 bits per heavy atom. The maximum absolute atomic E-state index is 11.6. The van der Waals surface area contributed by atoms with Crippen LogP contribution < -0.4 is 10.0 Å². The number of hydrogen-bond acceptors (Lipinski definition) is 4. The summed E-state index contributed by atoms with van der Waals surface area (Å²) in [5.41, 5.74) is 0.322. The molecule has 23 heavy (non-hydrogen) atoms. The number of carboxylic acids is 1. The van der Waals surface area contributed by atoms with Gasteiger partial charge in [0.2, 0.25) is 10.0 Å². The van der Waals surface area contributed by atoms with Crippen LogP contribution >= 0.6 is 11.6 Å². The Kier molecular flexibility index (Phi) is 7.31. The van der Waals surface area contributed by atoms with E-state index in [1.165, 1.54) is 6.07 Å². The van der Waals surface area contributed by atoms with Crippen LogP contribution in [0.3, 0.4) is 0 Å². The Hall–Kier alpha value is -1.31. The largest absolute Gasteiger partial charge is 0.478 e. The van der Waals surface area contributed by atoms with Gasteiger partial charge in [0.25, 0.3) is 0 Å². The van der Waals surface area contributed by atoms with Crippen LogP contribution in [0.5, 0.6) is 0 Å². The Bertz CT molecular complexity index is 654. The highest BCUT2D eigenvalue weighted by molar-refractivity contribution is 7.89. The fraction of sp³-hybridized carbons (Fsp3) is 0.533. The first-order chi connectivity index (χ1) is 10.7. The summed E-state index contributed by atoms with van der Waals surface area (Å²) in [5, 5.41) is 14.5. The van der Waals surface area contributed by atoms with Gasteiger partial charge in [0.1, 0.15) is 4.90 Å². The van der Waals surface area contributed by atoms with Gasteiger partial charge < -0.3 is 10.0 Å². The molecule has 0 radical (unpaired) electrons. The number of sulfonamides is 1. The van der Waals surface area contributed by atoms with Gasteiger partial charge in [0.15, 0.2) is 0 Å². The molecule has 0 unspecified atom stereocenters. The molecular formula is C15H23ClN2O4S. The first kappa shape index (κ1) is 19.7. The highest BCUT2D eigenvalue weighted by Gasteiger charge is 2.22. The van der Waals surface area contributed by atoms with E-state index in [0.29, 0.717) is 18.8 Å². The van der Waals surface area contributed by atoms with Crippen LogP contribution in [-0.2, 0) is 10.0 Å². The fourth-order valence-corrected chi connectivity index (χ4v) is 3.34. The van der Waals surface area contributed by atoms with Crippen LogP contribution in [0.1, 0.15) is 49.9 Å². The van der Waals surface area contributed by atoms with Crippen molar-refractivity contribution in [3.05, 3.63) is 22.7 Å². The number of unbranched alkanes of at least 4 members (excludes halogenated alkanes) is 2. The molecule has 3 N–H and O–H groups in total. The van der Waals surface area contributed by atoms with Gasteiger partial charge in [-0.25, -0.2) is 18.4 Å². The molecule has 1 aromatic carbocycles. The molecule has 6 nitrogen and oxygen atoms in total. The number of carbonyl (C=O) groups is 1. The summed E-state index contributed by atoms with van der Waals surface area (Å²) >= 11 is 6.02. The first-order valence-corrected chi connectivity index (χ1v) is 9.49. The van der Waals surface area contributed by atoms with Crippen LogP contribution in [-0.4, -0.2) is 32.6 Å². The molecule has 0 saturated heterocycles. The monoisotopic (exact) mass is 362 g/mol. The molecule has 0 bridgehead atoms. The van der Waals surface area contributed by atoms with Crippen molar-refractivity contribution in [3.8, 4) is 0 Å². The SMILES string of the molecule is CCCCN(CCCC)c1cc(Cl)c(S(N)(=O)=O)cc1C(=O)O. The molecule has 1 rings (SSSR count). The third kappa shape index (κ3) is 5.37. The normalized spacial score (nSPS) is 11.5. The number of anilines is 1. The van der Waals surface area contributed by atoms with E-state index in [2.05, 4.69) is 0 Å². The van der Waals surface area contributed by atoms with Crippen LogP contribution in [0, 0.1) is 0 Å². The van der Waals surface area contributed by atoms with E-state index in [1.807, 2.05) is 18.7 Å². The Morgan fingerprint density at radius 2 is 1.74 bits per heavy atom. The number of rotatable bonds is 9. The number of nitrogens with zero attached hydrogens (tertiary/aromatic N) is 1. The van der Waals surface area contributed by atoms with Gasteiger partial charge in [-0.2, -0.15) is 0 Å². The lowest BCUT2D eigenvalue weighted by Crippen LogP contribution is -2.28. The second kappa shape index (κ2) is 8.52. The van der Waals surface area contributed by atoms with Crippen LogP contribution in [0.25, 0.3) is 0 Å². The lowest BCUT2D eigenvalue weighted by Gasteiger charge is -2.27. The van der Waals surface area contributed by atoms with Crippen LogP contribution in [0.15, 0.2) is 17.0 Å². The van der Waals surface area contributed by atoms with Crippen LogP contribution in [0.4, 0.5) is 5.69 Å². The van der Waals surface area contributed by atoms with E-state index in [9.17, 15) is 18.3 Å². The average Bonchev–Trinajstić information content (AvgIpc) is 2.45. The van der Waals surface area contributed by atoms with Crippen molar-refractivity contribution in [1.29, 1.82) is 0 Å². The predicted octanol–water partition coefficient (Wildman–Crippen LogP) is 3.09. The number of primary sulfonamides is 1. The zero-order valence-corrected chi connectivity index (χ0v) is 15.0. The second-order valence-corrected chi connectivity index (χ2v) is 7.28. The van der Waals surface area contributed by atoms with E-state index in [-0.39, 0.29) is 15.5 Å². The standard InChI is InChI=1S/C15H23ClN2O4S/c1-3-5-7-18(8-6-4-2)13-10-12(16)14(23(17,21)22)9-11(13)15(19)20/h9-10H,3-8H2,1-2H3,(H,19,20)(H2,17,21,22). The molecule has 0 aliphatic heterocycles. The minimum absolute atomic E-state index is 0.0644. The van der Waals surface area contributed by atoms with Gasteiger partial charge in [-0.3, -0.25) is 0 Å². The van der Waals surface area contributed by atoms with Crippen molar-refractivity contribution in [1.82, 2.24) is 0 Å². The number of hydrogen-bond donors (Lipinski definition) is 2. The molecule has 0 amide bonds. The molecule has 0 spiro atoms. The Balaban J connectivity index is 3.41. The van der Waals surface area contributed by atoms with Crippen molar-refractivity contribution >= 4 is 33.3 Å². The summed E-state index contributed by atoms with van der Waals surface area (Å²) in [5.74, 6) is -1.21. The smallest absolute Gasteiger partial charge is 0.337 e. The van der Waals surface area contributed by atoms with Gasteiger partial charge >= 0.3 is 5.97 Å². The molecule has 0 saturated carbocycles. The minimum atomic E-state index is -4.08. The molecule has 0 aliphatic rings. The Labute approximate surface area is 142 Å². The summed E-state index contributed by atoms with van der Waals surface area (Å²) in [6.45, 7) is 5.46. The molecule has 0 aliphatic carbocycles. The molecule has 130 valence electrons. The lowest BCUT2D eigenvalue weighted by atomic mass is 10.1. The fourth-order valence-electron chi connectivity index (χ4n) is 2.24. The zero-order valence-electron chi connectivity index (χ0n) is 13.4. The van der Waals surface area contributed by atoms with Crippen LogP contribution in [0.2, 0.25) is 5.02 Å². The van der Waals surface area contributed by atoms with Gasteiger partial charge in [0, 0.05) is 13.1 Å². The summed E-state index contributed by atoms with van der Waals surface area (Å²) in [4.78, 5) is 13.1. The molecule has 1 aromatic rings. The van der Waals surface area contributed by atoms with Crippen molar-refractivity contribution < 1.29 is 18.3 Å². The quantitative estimate of drug-likeness (QED) is 0.702. The molecule has 0 atom stereocenters. The molecule has 0 aromatic heterocycles. The topological polar surface area (TPSA) is 101 Å². The number of carboxylic acid groups (broad SMARTS) is 1. The maximum atomic E-state index is 11.6. The molecule has 0 fully saturated rings. The third-order valence-electron chi connectivity index (χ3n) is 3.49. The summed E-state index contributed by atoms with van der Waals surface area (Å²) in [6.07, 6.45) is 3.73. The highest BCUT2D eigenvalue weighted by Crippen LogP contribution is 2.31. The van der Waals surface area contributed by atoms with Crippen molar-refractivity contribution in [2.75, 3.05) is 18.0 Å². The van der Waals surface area contributed by atoms with Crippen molar-refractivity contribution in [3.63, 3.8) is 0 Å². The van der Waals surface area contributed by atoms with E-state index in [0.717, 1.165) is 31.7 Å². The van der Waals surface area contributed by atoms with Gasteiger partial charge in [-0.1, -0.05) is 38.3 Å². The minimum Gasteiger partial charge on any atom is -0.478 e. The maximum Gasteiger partial charge on any atom is 0.337 e. The van der Waals surface area contributed by atoms with E-state index < -0.39 is 16.0 Å². The summed E-state index contributed by atoms with van der Waals surface area (Å²) < 4.78 is 23.1. The Morgan fingerprint density at radius 1 is 1.22 bits per heavy atom. The van der Waals surface area contributed by atoms with Gasteiger partial charge in [0.05, 0.1) is 16.3 Å². The third-order valence-corrected chi connectivity index (χ3v) is 4.87. The number of nitrogens with two attached hydrogens (primary N) is 1. The summed E-state index contributed by atoms with van der Waals surface area (Å²) in [6, 6.07) is 2.43. The predicted molar refractivity (Wildman–Crippen MR) is 91.8 cm³/mol. The van der Waals surface area contributed by atoms with E-state index >= 15 is 0 Å². The molecular weight excluding hydrogens is 340 g/mol. The number of benzene rings is 1. The average molecular weight is 363 g/mol. The molecule has 0 heterocycles. The van der Waals surface area contributed by atoms with Gasteiger partial charge in [-0.15, -0.1) is 0 Å². The number of aromatic carboxylic acids is 1. The molecule has 8 heteroatoms. The highest BCUT2D eigenvalue weighted by atomic mass is 35.5. The lowest BCUT2D eigenvalue weighted by molar-refractivity contribution is 0.0697. The number of halogens is 1.